The second-order valence-corrected chi connectivity index (χ2v) is 7.23. The lowest BCUT2D eigenvalue weighted by atomic mass is 9.99. The highest BCUT2D eigenvalue weighted by molar-refractivity contribution is 6.10. The SMILES string of the molecule is CC(C)Cc1ccc2c(c1)C(=O)N(c1ccc(C(C)C)cc1)C2. The zero-order valence-electron chi connectivity index (χ0n) is 14.5. The van der Waals surface area contributed by atoms with Gasteiger partial charge in [-0.1, -0.05) is 52.0 Å². The molecule has 0 radical (unpaired) electrons. The molecule has 0 bridgehead atoms. The van der Waals surface area contributed by atoms with Crippen molar-refractivity contribution in [1.29, 1.82) is 0 Å². The summed E-state index contributed by atoms with van der Waals surface area (Å²) in [6, 6.07) is 14.7. The van der Waals surface area contributed by atoms with Gasteiger partial charge in [0.1, 0.15) is 0 Å². The van der Waals surface area contributed by atoms with E-state index in [0.29, 0.717) is 18.4 Å². The Kier molecular flexibility index (Phi) is 4.25. The van der Waals surface area contributed by atoms with Crippen molar-refractivity contribution in [2.24, 2.45) is 5.92 Å². The predicted molar refractivity (Wildman–Crippen MR) is 96.0 cm³/mol. The summed E-state index contributed by atoms with van der Waals surface area (Å²) in [5.41, 5.74) is 5.55. The van der Waals surface area contributed by atoms with Gasteiger partial charge in [0.25, 0.3) is 5.91 Å². The molecule has 2 heteroatoms. The van der Waals surface area contributed by atoms with Crippen molar-refractivity contribution < 1.29 is 4.79 Å². The quantitative estimate of drug-likeness (QED) is 0.763. The van der Waals surface area contributed by atoms with Crippen LogP contribution in [0.1, 0.15) is 60.7 Å². The van der Waals surface area contributed by atoms with Crippen LogP contribution in [0.4, 0.5) is 5.69 Å². The van der Waals surface area contributed by atoms with Crippen LogP contribution in [-0.4, -0.2) is 5.91 Å². The van der Waals surface area contributed by atoms with Crippen LogP contribution in [0.5, 0.6) is 0 Å². The number of carbonyl (C=O) groups excluding carboxylic acids is 1. The van der Waals surface area contributed by atoms with Gasteiger partial charge in [-0.25, -0.2) is 0 Å². The van der Waals surface area contributed by atoms with Gasteiger partial charge in [-0.05, 0) is 53.1 Å². The second kappa shape index (κ2) is 6.19. The van der Waals surface area contributed by atoms with E-state index in [0.717, 1.165) is 23.2 Å². The molecule has 0 aliphatic carbocycles. The first kappa shape index (κ1) is 15.8. The van der Waals surface area contributed by atoms with E-state index in [9.17, 15) is 4.79 Å². The Morgan fingerprint density at radius 3 is 2.30 bits per heavy atom. The van der Waals surface area contributed by atoms with Gasteiger partial charge in [-0.15, -0.1) is 0 Å². The molecule has 0 fully saturated rings. The summed E-state index contributed by atoms with van der Waals surface area (Å²) in [7, 11) is 0. The number of rotatable bonds is 4. The molecule has 0 atom stereocenters. The minimum Gasteiger partial charge on any atom is -0.304 e. The highest BCUT2D eigenvalue weighted by atomic mass is 16.2. The summed E-state index contributed by atoms with van der Waals surface area (Å²) < 4.78 is 0. The maximum absolute atomic E-state index is 12.8. The van der Waals surface area contributed by atoms with E-state index in [1.807, 2.05) is 4.90 Å². The number of hydrogen-bond acceptors (Lipinski definition) is 1. The molecule has 0 spiro atoms. The zero-order valence-corrected chi connectivity index (χ0v) is 14.5. The fraction of sp³-hybridized carbons (Fsp3) is 0.381. The Balaban J connectivity index is 1.85. The number of benzene rings is 2. The number of fused-ring (bicyclic) bond motifs is 1. The molecule has 2 aromatic carbocycles. The van der Waals surface area contributed by atoms with Crippen LogP contribution in [0.3, 0.4) is 0 Å². The Morgan fingerprint density at radius 1 is 1.00 bits per heavy atom. The van der Waals surface area contributed by atoms with Crippen LogP contribution in [-0.2, 0) is 13.0 Å². The van der Waals surface area contributed by atoms with Gasteiger partial charge in [-0.2, -0.15) is 0 Å². The number of carbonyl (C=O) groups is 1. The summed E-state index contributed by atoms with van der Waals surface area (Å²) in [5.74, 6) is 1.24. The molecule has 1 amide bonds. The van der Waals surface area contributed by atoms with Crippen molar-refractivity contribution in [3.63, 3.8) is 0 Å². The average Bonchev–Trinajstić information content (AvgIpc) is 2.84. The van der Waals surface area contributed by atoms with Crippen LogP contribution in [0.25, 0.3) is 0 Å². The zero-order chi connectivity index (χ0) is 16.6. The molecule has 2 aromatic rings. The number of hydrogen-bond donors (Lipinski definition) is 0. The lowest BCUT2D eigenvalue weighted by molar-refractivity contribution is 0.0996. The largest absolute Gasteiger partial charge is 0.304 e. The van der Waals surface area contributed by atoms with Gasteiger partial charge < -0.3 is 4.90 Å². The molecule has 23 heavy (non-hydrogen) atoms. The predicted octanol–water partition coefficient (Wildman–Crippen LogP) is 5.17. The first-order valence-electron chi connectivity index (χ1n) is 8.49. The molecular weight excluding hydrogens is 282 g/mol. The molecule has 0 N–H and O–H groups in total. The second-order valence-electron chi connectivity index (χ2n) is 7.23. The minimum atomic E-state index is 0.128. The van der Waals surface area contributed by atoms with E-state index >= 15 is 0 Å². The molecule has 0 unspecified atom stereocenters. The third-order valence-electron chi connectivity index (χ3n) is 4.49. The van der Waals surface area contributed by atoms with Crippen LogP contribution < -0.4 is 4.90 Å². The van der Waals surface area contributed by atoms with Gasteiger partial charge in [0.15, 0.2) is 0 Å². The average molecular weight is 307 g/mol. The van der Waals surface area contributed by atoms with Crippen LogP contribution >= 0.6 is 0 Å². The number of anilines is 1. The lowest BCUT2D eigenvalue weighted by Crippen LogP contribution is -2.22. The summed E-state index contributed by atoms with van der Waals surface area (Å²) in [5, 5.41) is 0. The van der Waals surface area contributed by atoms with Crippen molar-refractivity contribution in [3.05, 3.63) is 64.7 Å². The highest BCUT2D eigenvalue weighted by Gasteiger charge is 2.28. The molecule has 0 saturated heterocycles. The molecular formula is C21H25NO. The number of amides is 1. The van der Waals surface area contributed by atoms with Crippen LogP contribution in [0.2, 0.25) is 0 Å². The van der Waals surface area contributed by atoms with Gasteiger partial charge in [-0.3, -0.25) is 4.79 Å². The molecule has 1 aliphatic rings. The third kappa shape index (κ3) is 3.17. The lowest BCUT2D eigenvalue weighted by Gasteiger charge is -2.16. The monoisotopic (exact) mass is 307 g/mol. The Labute approximate surface area is 139 Å². The molecule has 1 heterocycles. The van der Waals surface area contributed by atoms with Crippen molar-refractivity contribution in [2.75, 3.05) is 4.90 Å². The third-order valence-corrected chi connectivity index (χ3v) is 4.49. The van der Waals surface area contributed by atoms with Crippen molar-refractivity contribution in [2.45, 2.75) is 46.6 Å². The maximum Gasteiger partial charge on any atom is 0.258 e. The van der Waals surface area contributed by atoms with Gasteiger partial charge in [0.05, 0.1) is 6.54 Å². The first-order chi connectivity index (χ1) is 11.0. The van der Waals surface area contributed by atoms with E-state index in [1.165, 1.54) is 11.1 Å². The maximum atomic E-state index is 12.8. The Morgan fingerprint density at radius 2 is 1.70 bits per heavy atom. The summed E-state index contributed by atoms with van der Waals surface area (Å²) >= 11 is 0. The summed E-state index contributed by atoms with van der Waals surface area (Å²) in [6.07, 6.45) is 1.02. The fourth-order valence-electron chi connectivity index (χ4n) is 3.19. The van der Waals surface area contributed by atoms with Crippen molar-refractivity contribution >= 4 is 11.6 Å². The van der Waals surface area contributed by atoms with E-state index in [4.69, 9.17) is 0 Å². The topological polar surface area (TPSA) is 20.3 Å². The Hall–Kier alpha value is -2.09. The molecule has 120 valence electrons. The molecule has 3 rings (SSSR count). The molecule has 1 aliphatic heterocycles. The van der Waals surface area contributed by atoms with Crippen LogP contribution in [0.15, 0.2) is 42.5 Å². The van der Waals surface area contributed by atoms with E-state index in [1.54, 1.807) is 0 Å². The highest BCUT2D eigenvalue weighted by Crippen LogP contribution is 2.30. The number of nitrogens with zero attached hydrogens (tertiary/aromatic N) is 1. The van der Waals surface area contributed by atoms with E-state index in [-0.39, 0.29) is 5.91 Å². The normalized spacial score (nSPS) is 14.0. The van der Waals surface area contributed by atoms with Crippen molar-refractivity contribution in [3.8, 4) is 0 Å². The van der Waals surface area contributed by atoms with Crippen molar-refractivity contribution in [1.82, 2.24) is 0 Å². The summed E-state index contributed by atoms with van der Waals surface area (Å²) in [6.45, 7) is 9.46. The van der Waals surface area contributed by atoms with Gasteiger partial charge in [0, 0.05) is 11.3 Å². The van der Waals surface area contributed by atoms with Gasteiger partial charge in [0.2, 0.25) is 0 Å². The molecule has 0 saturated carbocycles. The minimum absolute atomic E-state index is 0.128. The Bertz CT molecular complexity index is 713. The standard InChI is InChI=1S/C21H25NO/c1-14(2)11-16-5-6-18-13-22(21(23)20(18)12-16)19-9-7-17(8-10-19)15(3)4/h5-10,12,14-15H,11,13H2,1-4H3. The molecule has 0 aromatic heterocycles. The fourth-order valence-corrected chi connectivity index (χ4v) is 3.19. The first-order valence-corrected chi connectivity index (χ1v) is 8.49. The van der Waals surface area contributed by atoms with Crippen LogP contribution in [0, 0.1) is 5.92 Å². The van der Waals surface area contributed by atoms with E-state index in [2.05, 4.69) is 70.2 Å². The van der Waals surface area contributed by atoms with Gasteiger partial charge >= 0.3 is 0 Å². The molecule has 2 nitrogen and oxygen atoms in total. The van der Waals surface area contributed by atoms with E-state index < -0.39 is 0 Å². The summed E-state index contributed by atoms with van der Waals surface area (Å²) in [4.78, 5) is 14.7. The smallest absolute Gasteiger partial charge is 0.258 e.